The molecule has 0 heterocycles. The van der Waals surface area contributed by atoms with Crippen LogP contribution in [-0.2, 0) is 0 Å². The molecule has 0 saturated carbocycles. The van der Waals surface area contributed by atoms with Gasteiger partial charge in [0.2, 0.25) is 0 Å². The van der Waals surface area contributed by atoms with Crippen LogP contribution in [0.1, 0.15) is 6.42 Å². The third-order valence-corrected chi connectivity index (χ3v) is 1.45. The van der Waals surface area contributed by atoms with Crippen molar-refractivity contribution in [2.24, 2.45) is 0 Å². The largest absolute Gasteiger partial charge is 0.395 e. The lowest BCUT2D eigenvalue weighted by Gasteiger charge is -2.17. The van der Waals surface area contributed by atoms with Crippen LogP contribution in [0, 0.1) is 0 Å². The van der Waals surface area contributed by atoms with Crippen molar-refractivity contribution in [1.82, 2.24) is 4.90 Å². The molecule has 0 rings (SSSR count). The fourth-order valence-electron chi connectivity index (χ4n) is 0.892. The molecule has 0 aromatic heterocycles. The van der Waals surface area contributed by atoms with Gasteiger partial charge in [0.25, 0.3) is 0 Å². The molecule has 0 aromatic carbocycles. The Morgan fingerprint density at radius 2 is 1.91 bits per heavy atom. The summed E-state index contributed by atoms with van der Waals surface area (Å²) in [6.07, 6.45) is 4.69. The second-order valence-electron chi connectivity index (χ2n) is 2.39. The van der Waals surface area contributed by atoms with Crippen molar-refractivity contribution in [3.8, 4) is 0 Å². The molecule has 0 aromatic rings. The van der Waals surface area contributed by atoms with Crippen molar-refractivity contribution in [1.29, 1.82) is 0 Å². The minimum Gasteiger partial charge on any atom is -0.395 e. The first kappa shape index (κ1) is 10.4. The summed E-state index contributed by atoms with van der Waals surface area (Å²) < 4.78 is 0. The molecule has 0 aliphatic carbocycles. The molecule has 11 heavy (non-hydrogen) atoms. The van der Waals surface area contributed by atoms with Gasteiger partial charge in [-0.1, -0.05) is 12.2 Å². The summed E-state index contributed by atoms with van der Waals surface area (Å²) in [5, 5.41) is 8.66. The molecule has 2 heteroatoms. The van der Waals surface area contributed by atoms with Gasteiger partial charge in [-0.2, -0.15) is 0 Å². The first-order valence-electron chi connectivity index (χ1n) is 3.90. The van der Waals surface area contributed by atoms with Crippen molar-refractivity contribution >= 4 is 0 Å². The highest BCUT2D eigenvalue weighted by molar-refractivity contribution is 4.76. The summed E-state index contributed by atoms with van der Waals surface area (Å²) in [5.74, 6) is 0. The number of aliphatic hydroxyl groups excluding tert-OH is 1. The molecule has 0 atom stereocenters. The SMILES string of the molecule is C=CCCN(CC=C)CCO. The van der Waals surface area contributed by atoms with E-state index in [-0.39, 0.29) is 6.61 Å². The molecular weight excluding hydrogens is 138 g/mol. The molecule has 1 N–H and O–H groups in total. The van der Waals surface area contributed by atoms with E-state index in [0.717, 1.165) is 26.1 Å². The van der Waals surface area contributed by atoms with Crippen molar-refractivity contribution < 1.29 is 5.11 Å². The Bertz CT molecular complexity index is 112. The summed E-state index contributed by atoms with van der Waals surface area (Å²) in [7, 11) is 0. The number of nitrogens with zero attached hydrogens (tertiary/aromatic N) is 1. The van der Waals surface area contributed by atoms with Crippen LogP contribution < -0.4 is 0 Å². The average molecular weight is 155 g/mol. The van der Waals surface area contributed by atoms with Gasteiger partial charge in [0.1, 0.15) is 0 Å². The molecule has 2 nitrogen and oxygen atoms in total. The van der Waals surface area contributed by atoms with E-state index in [1.807, 2.05) is 12.2 Å². The molecule has 0 spiro atoms. The summed E-state index contributed by atoms with van der Waals surface area (Å²) in [6, 6.07) is 0. The minimum absolute atomic E-state index is 0.213. The third-order valence-electron chi connectivity index (χ3n) is 1.45. The molecular formula is C9H17NO. The van der Waals surface area contributed by atoms with Crippen molar-refractivity contribution in [3.63, 3.8) is 0 Å². The lowest BCUT2D eigenvalue weighted by molar-refractivity contribution is 0.210. The van der Waals surface area contributed by atoms with Gasteiger partial charge in [0.15, 0.2) is 0 Å². The van der Waals surface area contributed by atoms with Gasteiger partial charge in [0, 0.05) is 19.6 Å². The first-order valence-corrected chi connectivity index (χ1v) is 3.90. The second kappa shape index (κ2) is 7.51. The zero-order valence-electron chi connectivity index (χ0n) is 7.00. The van der Waals surface area contributed by atoms with Crippen molar-refractivity contribution in [3.05, 3.63) is 25.3 Å². The summed E-state index contributed by atoms with van der Waals surface area (Å²) in [6.45, 7) is 10.0. The fraction of sp³-hybridized carbons (Fsp3) is 0.556. The van der Waals surface area contributed by atoms with Crippen molar-refractivity contribution in [2.45, 2.75) is 6.42 Å². The fourth-order valence-corrected chi connectivity index (χ4v) is 0.892. The van der Waals surface area contributed by atoms with E-state index >= 15 is 0 Å². The third kappa shape index (κ3) is 5.83. The van der Waals surface area contributed by atoms with E-state index < -0.39 is 0 Å². The van der Waals surface area contributed by atoms with Gasteiger partial charge in [-0.05, 0) is 6.42 Å². The zero-order valence-corrected chi connectivity index (χ0v) is 7.00. The Hall–Kier alpha value is -0.600. The predicted octanol–water partition coefficient (Wildman–Crippen LogP) is 1.04. The lowest BCUT2D eigenvalue weighted by Crippen LogP contribution is -2.27. The maximum Gasteiger partial charge on any atom is 0.0558 e. The molecule has 0 unspecified atom stereocenters. The van der Waals surface area contributed by atoms with Gasteiger partial charge < -0.3 is 5.11 Å². The molecule has 0 saturated heterocycles. The Balaban J connectivity index is 3.49. The van der Waals surface area contributed by atoms with Crippen molar-refractivity contribution in [2.75, 3.05) is 26.2 Å². The van der Waals surface area contributed by atoms with Gasteiger partial charge >= 0.3 is 0 Å². The summed E-state index contributed by atoms with van der Waals surface area (Å²) in [4.78, 5) is 2.13. The normalized spacial score (nSPS) is 10.0. The Morgan fingerprint density at radius 1 is 1.18 bits per heavy atom. The van der Waals surface area contributed by atoms with E-state index in [9.17, 15) is 0 Å². The topological polar surface area (TPSA) is 23.5 Å². The van der Waals surface area contributed by atoms with E-state index in [0.29, 0.717) is 0 Å². The van der Waals surface area contributed by atoms with E-state index in [1.54, 1.807) is 0 Å². The smallest absolute Gasteiger partial charge is 0.0558 e. The quantitative estimate of drug-likeness (QED) is 0.555. The van der Waals surface area contributed by atoms with Gasteiger partial charge in [0.05, 0.1) is 6.61 Å². The highest BCUT2D eigenvalue weighted by Gasteiger charge is 1.98. The molecule has 64 valence electrons. The Labute approximate surface area is 68.8 Å². The van der Waals surface area contributed by atoms with E-state index in [1.165, 1.54) is 0 Å². The van der Waals surface area contributed by atoms with Gasteiger partial charge in [-0.3, -0.25) is 4.90 Å². The highest BCUT2D eigenvalue weighted by atomic mass is 16.3. The van der Waals surface area contributed by atoms with Crippen LogP contribution in [0.15, 0.2) is 25.3 Å². The average Bonchev–Trinajstić information content (AvgIpc) is 2.01. The molecule has 0 fully saturated rings. The Kier molecular flexibility index (Phi) is 7.10. The molecule has 0 bridgehead atoms. The van der Waals surface area contributed by atoms with Crippen LogP contribution >= 0.6 is 0 Å². The minimum atomic E-state index is 0.213. The Morgan fingerprint density at radius 3 is 2.36 bits per heavy atom. The first-order chi connectivity index (χ1) is 5.35. The molecule has 0 aliphatic heterocycles. The van der Waals surface area contributed by atoms with Crippen LogP contribution in [0.4, 0.5) is 0 Å². The maximum absolute atomic E-state index is 8.66. The van der Waals surface area contributed by atoms with E-state index in [2.05, 4.69) is 18.1 Å². The van der Waals surface area contributed by atoms with Crippen LogP contribution in [0.5, 0.6) is 0 Å². The van der Waals surface area contributed by atoms with Crippen LogP contribution in [0.2, 0.25) is 0 Å². The molecule has 0 radical (unpaired) electrons. The van der Waals surface area contributed by atoms with Gasteiger partial charge in [-0.25, -0.2) is 0 Å². The summed E-state index contributed by atoms with van der Waals surface area (Å²) >= 11 is 0. The standard InChI is InChI=1S/C9H17NO/c1-3-5-7-10(6-4-2)8-9-11/h3-4,11H,1-2,5-9H2. The zero-order chi connectivity index (χ0) is 8.53. The lowest BCUT2D eigenvalue weighted by atomic mass is 10.3. The second-order valence-corrected chi connectivity index (χ2v) is 2.39. The summed E-state index contributed by atoms with van der Waals surface area (Å²) in [5.41, 5.74) is 0. The molecule has 0 aliphatic rings. The number of hydrogen-bond donors (Lipinski definition) is 1. The predicted molar refractivity (Wildman–Crippen MR) is 48.5 cm³/mol. The number of rotatable bonds is 7. The van der Waals surface area contributed by atoms with Crippen LogP contribution in [0.3, 0.4) is 0 Å². The maximum atomic E-state index is 8.66. The monoisotopic (exact) mass is 155 g/mol. The van der Waals surface area contributed by atoms with Crippen LogP contribution in [-0.4, -0.2) is 36.2 Å². The highest BCUT2D eigenvalue weighted by Crippen LogP contribution is 1.91. The van der Waals surface area contributed by atoms with Crippen LogP contribution in [0.25, 0.3) is 0 Å². The van der Waals surface area contributed by atoms with E-state index in [4.69, 9.17) is 5.11 Å². The number of hydrogen-bond acceptors (Lipinski definition) is 2. The van der Waals surface area contributed by atoms with Gasteiger partial charge in [-0.15, -0.1) is 13.2 Å². The molecule has 0 amide bonds. The number of aliphatic hydroxyl groups is 1.